The molecule has 2 aliphatic rings. The van der Waals surface area contributed by atoms with E-state index in [1.165, 1.54) is 0 Å². The van der Waals surface area contributed by atoms with E-state index in [1.54, 1.807) is 6.20 Å². The molecule has 5 rings (SSSR count). The number of hydrogen-bond acceptors (Lipinski definition) is 4. The normalized spacial score (nSPS) is 29.2. The van der Waals surface area contributed by atoms with E-state index in [0.717, 1.165) is 34.1 Å². The fraction of sp³-hybridized carbons (Fsp3) is 0.400. The van der Waals surface area contributed by atoms with E-state index in [9.17, 15) is 9.90 Å². The minimum Gasteiger partial charge on any atom is -0.481 e. The van der Waals surface area contributed by atoms with E-state index < -0.39 is 16.8 Å². The zero-order valence-corrected chi connectivity index (χ0v) is 14.5. The average molecular weight is 333 g/mol. The van der Waals surface area contributed by atoms with Crippen LogP contribution in [0.5, 0.6) is 0 Å². The Balaban J connectivity index is 1.95. The molecular formula is C20H19N3O2. The number of pyridine rings is 1. The average Bonchev–Trinajstić information content (AvgIpc) is 2.89. The van der Waals surface area contributed by atoms with Gasteiger partial charge in [-0.2, -0.15) is 0 Å². The third-order valence-electron chi connectivity index (χ3n) is 7.15. The highest BCUT2D eigenvalue weighted by Crippen LogP contribution is 2.70. The van der Waals surface area contributed by atoms with E-state index in [2.05, 4.69) is 25.8 Å². The molecule has 2 bridgehead atoms. The van der Waals surface area contributed by atoms with Gasteiger partial charge in [-0.1, -0.05) is 20.8 Å². The summed E-state index contributed by atoms with van der Waals surface area (Å²) in [5, 5.41) is 11.1. The van der Waals surface area contributed by atoms with Crippen LogP contribution in [0.25, 0.3) is 21.9 Å². The number of hydrogen-bond donors (Lipinski definition) is 1. The van der Waals surface area contributed by atoms with Crippen molar-refractivity contribution in [2.24, 2.45) is 5.41 Å². The Morgan fingerprint density at radius 1 is 1.04 bits per heavy atom. The summed E-state index contributed by atoms with van der Waals surface area (Å²) in [6, 6.07) is 7.74. The van der Waals surface area contributed by atoms with Crippen molar-refractivity contribution >= 4 is 27.9 Å². The van der Waals surface area contributed by atoms with Gasteiger partial charge in [0.1, 0.15) is 5.41 Å². The molecule has 2 atom stereocenters. The zero-order valence-electron chi connectivity index (χ0n) is 14.5. The molecule has 1 aromatic carbocycles. The highest BCUT2D eigenvalue weighted by Gasteiger charge is 2.73. The van der Waals surface area contributed by atoms with Crippen molar-refractivity contribution in [2.45, 2.75) is 44.4 Å². The van der Waals surface area contributed by atoms with Gasteiger partial charge in [0.2, 0.25) is 0 Å². The van der Waals surface area contributed by atoms with Crippen LogP contribution in [-0.4, -0.2) is 26.0 Å². The highest BCUT2D eigenvalue weighted by atomic mass is 16.4. The highest BCUT2D eigenvalue weighted by molar-refractivity contribution is 6.02. The van der Waals surface area contributed by atoms with Crippen LogP contribution in [0.3, 0.4) is 0 Å². The predicted molar refractivity (Wildman–Crippen MR) is 94.5 cm³/mol. The summed E-state index contributed by atoms with van der Waals surface area (Å²) < 4.78 is 0. The molecule has 2 aliphatic carbocycles. The number of aliphatic carboxylic acids is 1. The van der Waals surface area contributed by atoms with Gasteiger partial charge in [-0.25, -0.2) is 9.97 Å². The fourth-order valence-corrected chi connectivity index (χ4v) is 5.19. The molecule has 3 aromatic rings. The van der Waals surface area contributed by atoms with Crippen LogP contribution < -0.4 is 0 Å². The van der Waals surface area contributed by atoms with Gasteiger partial charge >= 0.3 is 5.97 Å². The number of benzene rings is 1. The summed E-state index contributed by atoms with van der Waals surface area (Å²) in [7, 11) is 0. The van der Waals surface area contributed by atoms with Gasteiger partial charge in [-0.3, -0.25) is 9.78 Å². The van der Waals surface area contributed by atoms with Gasteiger partial charge < -0.3 is 5.11 Å². The Kier molecular flexibility index (Phi) is 2.45. The van der Waals surface area contributed by atoms with Gasteiger partial charge in [0.05, 0.1) is 27.9 Å². The van der Waals surface area contributed by atoms with Crippen molar-refractivity contribution in [1.29, 1.82) is 0 Å². The molecule has 0 spiro atoms. The van der Waals surface area contributed by atoms with E-state index >= 15 is 0 Å². The molecule has 1 N–H and O–H groups in total. The zero-order chi connectivity index (χ0) is 17.6. The lowest BCUT2D eigenvalue weighted by Gasteiger charge is -2.37. The van der Waals surface area contributed by atoms with E-state index in [0.29, 0.717) is 12.1 Å². The SMILES string of the molecule is CC1(C)[C@]2(C)CC[C@@]1(C(=O)O)c1nc3c(ccc4ncccc43)nc12. The lowest BCUT2D eigenvalue weighted by Crippen LogP contribution is -2.45. The number of carbonyl (C=O) groups is 1. The lowest BCUT2D eigenvalue weighted by atomic mass is 9.64. The number of aromatic nitrogens is 3. The molecule has 0 aliphatic heterocycles. The summed E-state index contributed by atoms with van der Waals surface area (Å²) in [6.07, 6.45) is 3.19. The van der Waals surface area contributed by atoms with Crippen LogP contribution in [0.2, 0.25) is 0 Å². The molecule has 0 unspecified atom stereocenters. The summed E-state index contributed by atoms with van der Waals surface area (Å²) in [6.45, 7) is 6.26. The lowest BCUT2D eigenvalue weighted by molar-refractivity contribution is -0.148. The van der Waals surface area contributed by atoms with Crippen molar-refractivity contribution in [3.63, 3.8) is 0 Å². The van der Waals surface area contributed by atoms with E-state index in [-0.39, 0.29) is 5.41 Å². The van der Waals surface area contributed by atoms with Gasteiger partial charge in [0, 0.05) is 17.0 Å². The molecule has 2 aromatic heterocycles. The Bertz CT molecular complexity index is 1090. The molecule has 1 fully saturated rings. The van der Waals surface area contributed by atoms with Crippen molar-refractivity contribution in [1.82, 2.24) is 15.0 Å². The second-order valence-corrected chi connectivity index (χ2v) is 8.09. The molecule has 0 radical (unpaired) electrons. The van der Waals surface area contributed by atoms with Gasteiger partial charge in [-0.05, 0) is 42.5 Å². The fourth-order valence-electron chi connectivity index (χ4n) is 5.19. The van der Waals surface area contributed by atoms with Crippen molar-refractivity contribution in [3.8, 4) is 0 Å². The minimum atomic E-state index is -0.970. The second-order valence-electron chi connectivity index (χ2n) is 8.09. The van der Waals surface area contributed by atoms with Crippen molar-refractivity contribution < 1.29 is 9.90 Å². The van der Waals surface area contributed by atoms with E-state index in [1.807, 2.05) is 24.3 Å². The first-order valence-corrected chi connectivity index (χ1v) is 8.63. The first-order valence-electron chi connectivity index (χ1n) is 8.63. The number of fused-ring (bicyclic) bond motifs is 8. The molecule has 5 nitrogen and oxygen atoms in total. The van der Waals surface area contributed by atoms with Crippen LogP contribution in [0.1, 0.15) is 45.0 Å². The molecule has 0 saturated heterocycles. The van der Waals surface area contributed by atoms with Crippen LogP contribution in [0, 0.1) is 5.41 Å². The van der Waals surface area contributed by atoms with Crippen LogP contribution in [0.15, 0.2) is 30.5 Å². The maximum atomic E-state index is 12.4. The monoisotopic (exact) mass is 333 g/mol. The van der Waals surface area contributed by atoms with Crippen LogP contribution >= 0.6 is 0 Å². The van der Waals surface area contributed by atoms with Gasteiger partial charge in [0.15, 0.2) is 0 Å². The second kappa shape index (κ2) is 4.15. The smallest absolute Gasteiger partial charge is 0.316 e. The third-order valence-corrected chi connectivity index (χ3v) is 7.15. The van der Waals surface area contributed by atoms with Crippen molar-refractivity contribution in [2.75, 3.05) is 0 Å². The molecule has 0 amide bonds. The first kappa shape index (κ1) is 14.8. The van der Waals surface area contributed by atoms with Gasteiger partial charge in [0.25, 0.3) is 0 Å². The third kappa shape index (κ3) is 1.39. The molecule has 5 heteroatoms. The standard InChI is InChI=1S/C20H19N3O2/c1-18(2)19(3)8-9-20(18,17(24)25)16-15(19)22-13-7-6-12-11(14(13)23-16)5-4-10-21-12/h4-7,10H,8-9H2,1-3H3,(H,24,25)/t19-,20+/m1/s1. The number of nitrogens with zero attached hydrogens (tertiary/aromatic N) is 3. The summed E-state index contributed by atoms with van der Waals surface area (Å²) in [5.41, 5.74) is 2.25. The number of carboxylic acid groups (broad SMARTS) is 1. The van der Waals surface area contributed by atoms with Crippen LogP contribution in [0.4, 0.5) is 0 Å². The molecule has 2 heterocycles. The van der Waals surface area contributed by atoms with E-state index in [4.69, 9.17) is 9.97 Å². The maximum Gasteiger partial charge on any atom is 0.316 e. The summed E-state index contributed by atoms with van der Waals surface area (Å²) in [5.74, 6) is -0.785. The largest absolute Gasteiger partial charge is 0.481 e. The number of carboxylic acids is 1. The number of rotatable bonds is 1. The maximum absolute atomic E-state index is 12.4. The van der Waals surface area contributed by atoms with Gasteiger partial charge in [-0.15, -0.1) is 0 Å². The Morgan fingerprint density at radius 2 is 1.80 bits per heavy atom. The summed E-state index contributed by atoms with van der Waals surface area (Å²) in [4.78, 5) is 26.7. The molecular weight excluding hydrogens is 314 g/mol. The topological polar surface area (TPSA) is 76.0 Å². The molecule has 1 saturated carbocycles. The Labute approximate surface area is 145 Å². The first-order chi connectivity index (χ1) is 11.8. The Hall–Kier alpha value is -2.56. The Morgan fingerprint density at radius 3 is 2.56 bits per heavy atom. The molecule has 25 heavy (non-hydrogen) atoms. The van der Waals surface area contributed by atoms with Crippen molar-refractivity contribution in [3.05, 3.63) is 41.9 Å². The molecule has 126 valence electrons. The predicted octanol–water partition coefficient (Wildman–Crippen LogP) is 3.59. The van der Waals surface area contributed by atoms with Crippen LogP contribution in [-0.2, 0) is 15.6 Å². The minimum absolute atomic E-state index is 0.272. The summed E-state index contributed by atoms with van der Waals surface area (Å²) >= 11 is 0. The quantitative estimate of drug-likeness (QED) is 0.689.